The van der Waals surface area contributed by atoms with E-state index in [-0.39, 0.29) is 0 Å². The zero-order chi connectivity index (χ0) is 7.11. The van der Waals surface area contributed by atoms with Gasteiger partial charge in [0.15, 0.2) is 0 Å². The standard InChI is InChI=1S/C6H12O.CH5N/c1-6-4-2-3-5-7-6;1-2/h6H,2-5H2,1H3;2H2,1H3. The van der Waals surface area contributed by atoms with E-state index in [4.69, 9.17) is 4.74 Å². The Hall–Kier alpha value is -0.0800. The zero-order valence-corrected chi connectivity index (χ0v) is 6.39. The Morgan fingerprint density at radius 1 is 1.33 bits per heavy atom. The summed E-state index contributed by atoms with van der Waals surface area (Å²) in [4.78, 5) is 0. The first kappa shape index (κ1) is 8.92. The van der Waals surface area contributed by atoms with E-state index < -0.39 is 0 Å². The van der Waals surface area contributed by atoms with Crippen LogP contribution in [0.3, 0.4) is 0 Å². The molecule has 2 nitrogen and oxygen atoms in total. The Labute approximate surface area is 57.4 Å². The van der Waals surface area contributed by atoms with Crippen molar-refractivity contribution in [3.63, 3.8) is 0 Å². The topological polar surface area (TPSA) is 35.2 Å². The molecule has 1 aliphatic rings. The molecule has 1 rings (SSSR count). The van der Waals surface area contributed by atoms with E-state index in [0.29, 0.717) is 6.10 Å². The summed E-state index contributed by atoms with van der Waals surface area (Å²) < 4.78 is 5.28. The SMILES string of the molecule is CC1CCCCO1.CN. The van der Waals surface area contributed by atoms with Gasteiger partial charge in [0, 0.05) is 6.61 Å². The van der Waals surface area contributed by atoms with E-state index in [0.717, 1.165) is 6.61 Å². The summed E-state index contributed by atoms with van der Waals surface area (Å²) in [6.07, 6.45) is 4.43. The van der Waals surface area contributed by atoms with Crippen LogP contribution < -0.4 is 5.73 Å². The first-order valence-corrected chi connectivity index (χ1v) is 3.59. The van der Waals surface area contributed by atoms with Gasteiger partial charge in [0.2, 0.25) is 0 Å². The van der Waals surface area contributed by atoms with Gasteiger partial charge >= 0.3 is 0 Å². The molecule has 9 heavy (non-hydrogen) atoms. The maximum atomic E-state index is 5.28. The van der Waals surface area contributed by atoms with Crippen molar-refractivity contribution < 1.29 is 4.74 Å². The van der Waals surface area contributed by atoms with Crippen molar-refractivity contribution >= 4 is 0 Å². The van der Waals surface area contributed by atoms with Gasteiger partial charge in [0.05, 0.1) is 6.10 Å². The average Bonchev–Trinajstić information content (AvgIpc) is 1.94. The molecule has 1 heterocycles. The molecule has 1 unspecified atom stereocenters. The fraction of sp³-hybridized carbons (Fsp3) is 1.00. The van der Waals surface area contributed by atoms with Crippen molar-refractivity contribution in [2.45, 2.75) is 32.3 Å². The molecule has 0 saturated carbocycles. The van der Waals surface area contributed by atoms with E-state index in [9.17, 15) is 0 Å². The number of rotatable bonds is 0. The molecule has 0 aliphatic carbocycles. The molecule has 0 aromatic rings. The van der Waals surface area contributed by atoms with E-state index in [1.165, 1.54) is 26.3 Å². The Bertz CT molecular complexity index is 50.9. The van der Waals surface area contributed by atoms with Gasteiger partial charge in [-0.3, -0.25) is 0 Å². The average molecular weight is 131 g/mol. The van der Waals surface area contributed by atoms with Crippen LogP contribution in [0.25, 0.3) is 0 Å². The van der Waals surface area contributed by atoms with Crippen molar-refractivity contribution in [1.82, 2.24) is 0 Å². The molecular weight excluding hydrogens is 114 g/mol. The van der Waals surface area contributed by atoms with E-state index in [1.54, 1.807) is 0 Å². The Balaban J connectivity index is 0.000000291. The Morgan fingerprint density at radius 3 is 2.22 bits per heavy atom. The van der Waals surface area contributed by atoms with Crippen LogP contribution in [0, 0.1) is 0 Å². The van der Waals surface area contributed by atoms with Gasteiger partial charge in [0.1, 0.15) is 0 Å². The highest BCUT2D eigenvalue weighted by Gasteiger charge is 2.05. The molecule has 0 aromatic heterocycles. The first-order valence-electron chi connectivity index (χ1n) is 3.59. The fourth-order valence-corrected chi connectivity index (χ4v) is 0.902. The highest BCUT2D eigenvalue weighted by Crippen LogP contribution is 2.10. The monoisotopic (exact) mass is 131 g/mol. The van der Waals surface area contributed by atoms with Crippen molar-refractivity contribution in [2.75, 3.05) is 13.7 Å². The van der Waals surface area contributed by atoms with Gasteiger partial charge in [-0.05, 0) is 33.2 Å². The molecule has 1 aliphatic heterocycles. The van der Waals surface area contributed by atoms with Crippen LogP contribution >= 0.6 is 0 Å². The zero-order valence-electron chi connectivity index (χ0n) is 6.39. The molecule has 1 saturated heterocycles. The third-order valence-corrected chi connectivity index (χ3v) is 1.41. The molecule has 0 aromatic carbocycles. The normalized spacial score (nSPS) is 26.3. The summed E-state index contributed by atoms with van der Waals surface area (Å²) >= 11 is 0. The third kappa shape index (κ3) is 4.43. The molecule has 0 amide bonds. The Kier molecular flexibility index (Phi) is 5.99. The molecule has 2 heteroatoms. The highest BCUT2D eigenvalue weighted by atomic mass is 16.5. The highest BCUT2D eigenvalue weighted by molar-refractivity contribution is 4.55. The molecule has 56 valence electrons. The minimum atomic E-state index is 0.536. The summed E-state index contributed by atoms with van der Waals surface area (Å²) in [6, 6.07) is 0. The van der Waals surface area contributed by atoms with Gasteiger partial charge in [-0.15, -0.1) is 0 Å². The smallest absolute Gasteiger partial charge is 0.0547 e. The summed E-state index contributed by atoms with van der Waals surface area (Å²) in [5.74, 6) is 0. The fourth-order valence-electron chi connectivity index (χ4n) is 0.902. The predicted molar refractivity (Wildman–Crippen MR) is 39.4 cm³/mol. The quantitative estimate of drug-likeness (QED) is 0.535. The molecule has 2 N–H and O–H groups in total. The predicted octanol–water partition coefficient (Wildman–Crippen LogP) is 1.15. The minimum Gasteiger partial charge on any atom is -0.379 e. The second-order valence-electron chi connectivity index (χ2n) is 2.18. The summed E-state index contributed by atoms with van der Waals surface area (Å²) in [5.41, 5.74) is 4.50. The second kappa shape index (κ2) is 6.05. The molecule has 0 radical (unpaired) electrons. The van der Waals surface area contributed by atoms with Crippen LogP contribution in [0.1, 0.15) is 26.2 Å². The van der Waals surface area contributed by atoms with Crippen LogP contribution in [0.15, 0.2) is 0 Å². The first-order chi connectivity index (χ1) is 4.39. The lowest BCUT2D eigenvalue weighted by Crippen LogP contribution is -2.14. The third-order valence-electron chi connectivity index (χ3n) is 1.41. The maximum absolute atomic E-state index is 5.28. The molecular formula is C7H17NO. The summed E-state index contributed by atoms with van der Waals surface area (Å²) in [6.45, 7) is 3.13. The number of ether oxygens (including phenoxy) is 1. The van der Waals surface area contributed by atoms with Crippen molar-refractivity contribution in [3.8, 4) is 0 Å². The van der Waals surface area contributed by atoms with Gasteiger partial charge in [-0.1, -0.05) is 0 Å². The lowest BCUT2D eigenvalue weighted by Gasteiger charge is -2.17. The van der Waals surface area contributed by atoms with E-state index in [1.807, 2.05) is 0 Å². The lowest BCUT2D eigenvalue weighted by molar-refractivity contribution is 0.0285. The van der Waals surface area contributed by atoms with Crippen LogP contribution in [0.2, 0.25) is 0 Å². The van der Waals surface area contributed by atoms with Crippen LogP contribution in [0.4, 0.5) is 0 Å². The maximum Gasteiger partial charge on any atom is 0.0547 e. The molecule has 1 atom stereocenters. The van der Waals surface area contributed by atoms with Crippen LogP contribution in [-0.4, -0.2) is 19.8 Å². The van der Waals surface area contributed by atoms with Gasteiger partial charge in [-0.2, -0.15) is 0 Å². The molecule has 0 spiro atoms. The largest absolute Gasteiger partial charge is 0.379 e. The Morgan fingerprint density at radius 2 is 2.00 bits per heavy atom. The van der Waals surface area contributed by atoms with E-state index >= 15 is 0 Å². The minimum absolute atomic E-state index is 0.536. The van der Waals surface area contributed by atoms with Gasteiger partial charge in [-0.25, -0.2) is 0 Å². The van der Waals surface area contributed by atoms with Crippen molar-refractivity contribution in [1.29, 1.82) is 0 Å². The van der Waals surface area contributed by atoms with Crippen LogP contribution in [0.5, 0.6) is 0 Å². The summed E-state index contributed by atoms with van der Waals surface area (Å²) in [5, 5.41) is 0. The number of nitrogens with two attached hydrogens (primary N) is 1. The van der Waals surface area contributed by atoms with Crippen molar-refractivity contribution in [2.24, 2.45) is 5.73 Å². The summed E-state index contributed by atoms with van der Waals surface area (Å²) in [7, 11) is 1.50. The number of hydrogen-bond donors (Lipinski definition) is 1. The van der Waals surface area contributed by atoms with Gasteiger partial charge in [0.25, 0.3) is 0 Å². The molecule has 0 bridgehead atoms. The number of hydrogen-bond acceptors (Lipinski definition) is 2. The van der Waals surface area contributed by atoms with Crippen LogP contribution in [-0.2, 0) is 4.74 Å². The molecule has 1 fully saturated rings. The lowest BCUT2D eigenvalue weighted by atomic mass is 10.1. The van der Waals surface area contributed by atoms with Crippen molar-refractivity contribution in [3.05, 3.63) is 0 Å². The second-order valence-corrected chi connectivity index (χ2v) is 2.18. The van der Waals surface area contributed by atoms with E-state index in [2.05, 4.69) is 12.7 Å². The van der Waals surface area contributed by atoms with Gasteiger partial charge < -0.3 is 10.5 Å².